The largest absolute Gasteiger partial charge is 0.338 e. The van der Waals surface area contributed by atoms with E-state index < -0.39 is 0 Å². The molecule has 2 heterocycles. The maximum absolute atomic E-state index is 12.2. The summed E-state index contributed by atoms with van der Waals surface area (Å²) in [6.07, 6.45) is 5.14. The highest BCUT2D eigenvalue weighted by Gasteiger charge is 2.27. The van der Waals surface area contributed by atoms with Gasteiger partial charge in [0.25, 0.3) is 0 Å². The van der Waals surface area contributed by atoms with Crippen LogP contribution < -0.4 is 5.32 Å². The van der Waals surface area contributed by atoms with Crippen molar-refractivity contribution < 1.29 is 4.79 Å². The standard InChI is InChI=1S/C14H27N3OS/c1-2-15-14(18)17-9-6-10-19-12-13(17)11-16-7-4-3-5-8-16/h13H,2-12H2,1H3,(H,15,18). The first-order valence-corrected chi connectivity index (χ1v) is 8.81. The first-order chi connectivity index (χ1) is 9.31. The third kappa shape index (κ3) is 4.56. The quantitative estimate of drug-likeness (QED) is 0.861. The van der Waals surface area contributed by atoms with Gasteiger partial charge in [0.2, 0.25) is 0 Å². The molecule has 2 aliphatic heterocycles. The number of amides is 2. The second-order valence-electron chi connectivity index (χ2n) is 5.47. The molecule has 0 aromatic carbocycles. The predicted molar refractivity (Wildman–Crippen MR) is 81.8 cm³/mol. The number of rotatable bonds is 3. The molecule has 0 spiro atoms. The van der Waals surface area contributed by atoms with Crippen molar-refractivity contribution in [3.05, 3.63) is 0 Å². The molecule has 0 radical (unpaired) electrons. The fraction of sp³-hybridized carbons (Fsp3) is 0.929. The smallest absolute Gasteiger partial charge is 0.317 e. The Morgan fingerprint density at radius 2 is 2.00 bits per heavy atom. The van der Waals surface area contributed by atoms with E-state index in [9.17, 15) is 4.79 Å². The normalized spacial score (nSPS) is 25.9. The van der Waals surface area contributed by atoms with Gasteiger partial charge in [0.1, 0.15) is 0 Å². The highest BCUT2D eigenvalue weighted by atomic mass is 32.2. The number of likely N-dealkylation sites (tertiary alicyclic amines) is 1. The molecule has 0 aliphatic carbocycles. The van der Waals surface area contributed by atoms with Crippen LogP contribution in [-0.4, -0.2) is 66.1 Å². The fourth-order valence-corrected chi connectivity index (χ4v) is 4.00. The van der Waals surface area contributed by atoms with Gasteiger partial charge in [-0.1, -0.05) is 6.42 Å². The molecule has 2 fully saturated rings. The van der Waals surface area contributed by atoms with Crippen LogP contribution in [0.25, 0.3) is 0 Å². The highest BCUT2D eigenvalue weighted by Crippen LogP contribution is 2.19. The van der Waals surface area contributed by atoms with Crippen LogP contribution in [0.2, 0.25) is 0 Å². The summed E-state index contributed by atoms with van der Waals surface area (Å²) < 4.78 is 0. The van der Waals surface area contributed by atoms with Crippen molar-refractivity contribution in [1.82, 2.24) is 15.1 Å². The van der Waals surface area contributed by atoms with E-state index in [-0.39, 0.29) is 6.03 Å². The van der Waals surface area contributed by atoms with Gasteiger partial charge >= 0.3 is 6.03 Å². The van der Waals surface area contributed by atoms with Gasteiger partial charge in [0, 0.05) is 25.4 Å². The number of hydrogen-bond donors (Lipinski definition) is 1. The molecular weight excluding hydrogens is 258 g/mol. The zero-order chi connectivity index (χ0) is 13.5. The summed E-state index contributed by atoms with van der Waals surface area (Å²) in [5, 5.41) is 2.97. The van der Waals surface area contributed by atoms with Crippen molar-refractivity contribution >= 4 is 17.8 Å². The third-order valence-electron chi connectivity index (χ3n) is 3.95. The molecule has 0 aromatic rings. The molecule has 1 atom stereocenters. The van der Waals surface area contributed by atoms with Gasteiger partial charge in [-0.15, -0.1) is 0 Å². The van der Waals surface area contributed by atoms with Crippen molar-refractivity contribution in [1.29, 1.82) is 0 Å². The van der Waals surface area contributed by atoms with E-state index >= 15 is 0 Å². The lowest BCUT2D eigenvalue weighted by Crippen LogP contribution is -2.52. The van der Waals surface area contributed by atoms with Crippen molar-refractivity contribution in [3.8, 4) is 0 Å². The van der Waals surface area contributed by atoms with Crippen LogP contribution in [0.3, 0.4) is 0 Å². The molecule has 0 saturated carbocycles. The predicted octanol–water partition coefficient (Wildman–Crippen LogP) is 2.01. The molecule has 0 bridgehead atoms. The molecule has 2 amide bonds. The Morgan fingerprint density at radius 1 is 1.21 bits per heavy atom. The van der Waals surface area contributed by atoms with Crippen LogP contribution in [0.1, 0.15) is 32.6 Å². The molecule has 19 heavy (non-hydrogen) atoms. The van der Waals surface area contributed by atoms with Crippen LogP contribution >= 0.6 is 11.8 Å². The van der Waals surface area contributed by atoms with E-state index in [1.54, 1.807) is 0 Å². The van der Waals surface area contributed by atoms with Gasteiger partial charge in [-0.25, -0.2) is 4.79 Å². The SMILES string of the molecule is CCNC(=O)N1CCCSCC1CN1CCCCC1. The number of thioether (sulfide) groups is 1. The van der Waals surface area contributed by atoms with Gasteiger partial charge in [-0.3, -0.25) is 0 Å². The number of nitrogens with zero attached hydrogens (tertiary/aromatic N) is 2. The van der Waals surface area contributed by atoms with Crippen molar-refractivity contribution in [2.45, 2.75) is 38.6 Å². The van der Waals surface area contributed by atoms with E-state index in [0.29, 0.717) is 6.04 Å². The summed E-state index contributed by atoms with van der Waals surface area (Å²) in [6, 6.07) is 0.518. The summed E-state index contributed by atoms with van der Waals surface area (Å²) >= 11 is 2.00. The number of hydrogen-bond acceptors (Lipinski definition) is 3. The maximum atomic E-state index is 12.2. The number of piperidine rings is 1. The van der Waals surface area contributed by atoms with Crippen LogP contribution in [0, 0.1) is 0 Å². The van der Waals surface area contributed by atoms with Gasteiger partial charge < -0.3 is 15.1 Å². The lowest BCUT2D eigenvalue weighted by atomic mass is 10.1. The van der Waals surface area contributed by atoms with Gasteiger partial charge in [0.05, 0.1) is 6.04 Å². The second kappa shape index (κ2) is 8.00. The molecule has 1 unspecified atom stereocenters. The van der Waals surface area contributed by atoms with E-state index in [2.05, 4.69) is 15.1 Å². The van der Waals surface area contributed by atoms with Crippen LogP contribution in [0.4, 0.5) is 4.79 Å². The summed E-state index contributed by atoms with van der Waals surface area (Å²) in [5.41, 5.74) is 0. The lowest BCUT2D eigenvalue weighted by Gasteiger charge is -2.35. The minimum absolute atomic E-state index is 0.131. The Bertz CT molecular complexity index is 282. The van der Waals surface area contributed by atoms with E-state index in [4.69, 9.17) is 0 Å². The van der Waals surface area contributed by atoms with E-state index in [0.717, 1.165) is 31.8 Å². The molecular formula is C14H27N3OS. The molecule has 4 nitrogen and oxygen atoms in total. The van der Waals surface area contributed by atoms with Gasteiger partial charge in [0.15, 0.2) is 0 Å². The van der Waals surface area contributed by atoms with Crippen LogP contribution in [-0.2, 0) is 0 Å². The molecule has 1 N–H and O–H groups in total. The summed E-state index contributed by atoms with van der Waals surface area (Å²) in [5.74, 6) is 2.28. The number of carbonyl (C=O) groups excluding carboxylic acids is 1. The molecule has 110 valence electrons. The average molecular weight is 285 g/mol. The number of urea groups is 1. The zero-order valence-electron chi connectivity index (χ0n) is 12.1. The Kier molecular flexibility index (Phi) is 6.31. The van der Waals surface area contributed by atoms with Crippen LogP contribution in [0.5, 0.6) is 0 Å². The molecule has 2 aliphatic rings. The summed E-state index contributed by atoms with van der Waals surface area (Å²) in [7, 11) is 0. The molecule has 5 heteroatoms. The summed E-state index contributed by atoms with van der Waals surface area (Å²) in [4.78, 5) is 16.8. The third-order valence-corrected chi connectivity index (χ3v) is 5.14. The maximum Gasteiger partial charge on any atom is 0.317 e. The van der Waals surface area contributed by atoms with E-state index in [1.807, 2.05) is 18.7 Å². The Hall–Kier alpha value is -0.420. The van der Waals surface area contributed by atoms with Crippen molar-refractivity contribution in [2.75, 3.05) is 44.2 Å². The van der Waals surface area contributed by atoms with Crippen molar-refractivity contribution in [2.24, 2.45) is 0 Å². The lowest BCUT2D eigenvalue weighted by molar-refractivity contribution is 0.143. The topological polar surface area (TPSA) is 35.6 Å². The number of carbonyl (C=O) groups is 1. The van der Waals surface area contributed by atoms with Gasteiger partial charge in [-0.2, -0.15) is 11.8 Å². The minimum atomic E-state index is 0.131. The number of nitrogens with one attached hydrogen (secondary N) is 1. The first kappa shape index (κ1) is 15.0. The Balaban J connectivity index is 1.93. The Morgan fingerprint density at radius 3 is 2.74 bits per heavy atom. The fourth-order valence-electron chi connectivity index (χ4n) is 2.94. The Labute approximate surface area is 121 Å². The van der Waals surface area contributed by atoms with Gasteiger partial charge in [-0.05, 0) is 45.0 Å². The van der Waals surface area contributed by atoms with E-state index in [1.165, 1.54) is 38.1 Å². The monoisotopic (exact) mass is 285 g/mol. The minimum Gasteiger partial charge on any atom is -0.338 e. The summed E-state index contributed by atoms with van der Waals surface area (Å²) in [6.45, 7) is 7.11. The molecule has 2 saturated heterocycles. The average Bonchev–Trinajstić information content (AvgIpc) is 2.66. The second-order valence-corrected chi connectivity index (χ2v) is 6.62. The van der Waals surface area contributed by atoms with Crippen molar-refractivity contribution in [3.63, 3.8) is 0 Å². The first-order valence-electron chi connectivity index (χ1n) is 7.66. The molecule has 0 aromatic heterocycles. The zero-order valence-corrected chi connectivity index (χ0v) is 12.9. The molecule has 2 rings (SSSR count). The highest BCUT2D eigenvalue weighted by molar-refractivity contribution is 7.99. The van der Waals surface area contributed by atoms with Crippen LogP contribution in [0.15, 0.2) is 0 Å².